The molecular formula is C18H21Cl2N5O3. The number of aliphatic hydroxyl groups is 1. The zero-order valence-electron chi connectivity index (χ0n) is 15.7. The molecule has 1 aromatic carbocycles. The maximum absolute atomic E-state index is 13.1. The maximum Gasteiger partial charge on any atom is 0.332 e. The van der Waals surface area contributed by atoms with Crippen molar-refractivity contribution in [2.75, 3.05) is 11.9 Å². The van der Waals surface area contributed by atoms with E-state index in [4.69, 9.17) is 28.3 Å². The Hall–Kier alpha value is -2.29. The minimum atomic E-state index is -0.475. The van der Waals surface area contributed by atoms with Crippen molar-refractivity contribution in [3.8, 4) is 0 Å². The predicted molar refractivity (Wildman–Crippen MR) is 111 cm³/mol. The Morgan fingerprint density at radius 2 is 1.89 bits per heavy atom. The van der Waals surface area contributed by atoms with Gasteiger partial charge in [-0.3, -0.25) is 13.9 Å². The van der Waals surface area contributed by atoms with Crippen molar-refractivity contribution in [1.29, 1.82) is 0 Å². The Kier molecular flexibility index (Phi) is 5.83. The monoisotopic (exact) mass is 425 g/mol. The lowest BCUT2D eigenvalue weighted by Gasteiger charge is -2.12. The van der Waals surface area contributed by atoms with E-state index in [0.29, 0.717) is 39.1 Å². The Morgan fingerprint density at radius 1 is 1.18 bits per heavy atom. The summed E-state index contributed by atoms with van der Waals surface area (Å²) >= 11 is 12.0. The third kappa shape index (κ3) is 3.67. The van der Waals surface area contributed by atoms with E-state index in [1.54, 1.807) is 36.9 Å². The van der Waals surface area contributed by atoms with Crippen LogP contribution < -0.4 is 16.6 Å². The minimum absolute atomic E-state index is 0.0348. The summed E-state index contributed by atoms with van der Waals surface area (Å²) in [5.41, 5.74) is 0.367. The predicted octanol–water partition coefficient (Wildman–Crippen LogP) is 1.97. The van der Waals surface area contributed by atoms with E-state index in [2.05, 4.69) is 10.3 Å². The molecule has 0 fully saturated rings. The summed E-state index contributed by atoms with van der Waals surface area (Å²) in [7, 11) is 3.28. The number of fused-ring (bicyclic) bond motifs is 1. The third-order valence-electron chi connectivity index (χ3n) is 4.62. The van der Waals surface area contributed by atoms with Crippen molar-refractivity contribution in [3.63, 3.8) is 0 Å². The van der Waals surface area contributed by atoms with Crippen LogP contribution in [0.2, 0.25) is 10.0 Å². The smallest absolute Gasteiger partial charge is 0.332 e. The van der Waals surface area contributed by atoms with E-state index in [-0.39, 0.29) is 19.2 Å². The fraction of sp³-hybridized carbons (Fsp3) is 0.389. The van der Waals surface area contributed by atoms with Crippen molar-refractivity contribution < 1.29 is 5.11 Å². The molecule has 0 saturated heterocycles. The Balaban J connectivity index is 2.12. The lowest BCUT2D eigenvalue weighted by molar-refractivity contribution is 0.282. The third-order valence-corrected chi connectivity index (χ3v) is 5.36. The van der Waals surface area contributed by atoms with Crippen molar-refractivity contribution in [3.05, 3.63) is 54.6 Å². The zero-order valence-corrected chi connectivity index (χ0v) is 17.3. The Bertz CT molecular complexity index is 1150. The molecule has 10 heteroatoms. The second-order valence-corrected chi connectivity index (χ2v) is 7.52. The summed E-state index contributed by atoms with van der Waals surface area (Å²) in [6, 6.07) is 4.93. The number of benzene rings is 1. The lowest BCUT2D eigenvalue weighted by atomic mass is 10.2. The van der Waals surface area contributed by atoms with E-state index in [9.17, 15) is 9.59 Å². The highest BCUT2D eigenvalue weighted by Crippen LogP contribution is 2.23. The molecule has 2 aromatic heterocycles. The number of hydrogen-bond donors (Lipinski definition) is 2. The molecule has 150 valence electrons. The zero-order chi connectivity index (χ0) is 20.6. The van der Waals surface area contributed by atoms with Crippen LogP contribution in [0.25, 0.3) is 11.2 Å². The highest BCUT2D eigenvalue weighted by atomic mass is 35.5. The number of aromatic nitrogens is 4. The van der Waals surface area contributed by atoms with Gasteiger partial charge < -0.3 is 15.0 Å². The van der Waals surface area contributed by atoms with E-state index in [1.165, 1.54) is 4.57 Å². The molecule has 3 rings (SSSR count). The van der Waals surface area contributed by atoms with E-state index in [0.717, 1.165) is 4.57 Å². The van der Waals surface area contributed by atoms with Crippen LogP contribution in [0.3, 0.4) is 0 Å². The summed E-state index contributed by atoms with van der Waals surface area (Å²) in [4.78, 5) is 30.2. The summed E-state index contributed by atoms with van der Waals surface area (Å²) in [6.07, 6.45) is 0.531. The van der Waals surface area contributed by atoms with Gasteiger partial charge in [0.1, 0.15) is 0 Å². The van der Waals surface area contributed by atoms with Gasteiger partial charge in [-0.2, -0.15) is 4.98 Å². The molecule has 1 atom stereocenters. The van der Waals surface area contributed by atoms with Gasteiger partial charge in [-0.1, -0.05) is 29.3 Å². The molecule has 0 aliphatic carbocycles. The fourth-order valence-corrected chi connectivity index (χ4v) is 3.34. The van der Waals surface area contributed by atoms with Gasteiger partial charge in [-0.05, 0) is 31.0 Å². The Morgan fingerprint density at radius 3 is 2.54 bits per heavy atom. The molecule has 0 unspecified atom stereocenters. The largest absolute Gasteiger partial charge is 0.396 e. The number of anilines is 1. The molecule has 0 saturated carbocycles. The number of nitrogens with zero attached hydrogens (tertiary/aromatic N) is 4. The molecule has 3 aromatic rings. The quantitative estimate of drug-likeness (QED) is 0.629. The first-order chi connectivity index (χ1) is 13.2. The molecule has 8 nitrogen and oxygen atoms in total. The highest BCUT2D eigenvalue weighted by Gasteiger charge is 2.19. The lowest BCUT2D eigenvalue weighted by Crippen LogP contribution is -2.39. The second-order valence-electron chi connectivity index (χ2n) is 6.71. The molecule has 2 heterocycles. The van der Waals surface area contributed by atoms with Gasteiger partial charge in [0.05, 0.1) is 16.6 Å². The fourth-order valence-electron chi connectivity index (χ4n) is 3.02. The summed E-state index contributed by atoms with van der Waals surface area (Å²) in [6.45, 7) is 2.00. The van der Waals surface area contributed by atoms with Gasteiger partial charge in [-0.15, -0.1) is 0 Å². The van der Waals surface area contributed by atoms with Gasteiger partial charge >= 0.3 is 5.69 Å². The average Bonchev–Trinajstić information content (AvgIpc) is 2.96. The van der Waals surface area contributed by atoms with Crippen LogP contribution >= 0.6 is 23.2 Å². The molecule has 0 amide bonds. The second kappa shape index (κ2) is 7.98. The highest BCUT2D eigenvalue weighted by molar-refractivity contribution is 6.42. The molecule has 0 aliphatic rings. The first kappa shape index (κ1) is 20.4. The van der Waals surface area contributed by atoms with Crippen molar-refractivity contribution in [1.82, 2.24) is 18.7 Å². The van der Waals surface area contributed by atoms with Crippen LogP contribution in [0.5, 0.6) is 0 Å². The average molecular weight is 426 g/mol. The van der Waals surface area contributed by atoms with Crippen LogP contribution in [0.1, 0.15) is 18.9 Å². The van der Waals surface area contributed by atoms with Gasteiger partial charge in [0.25, 0.3) is 5.56 Å². The standard InChI is InChI=1S/C18H21Cl2N5O3/c1-10(6-7-26)21-17-22-15-14(23(17)2)16(27)25(18(28)24(15)3)9-11-4-5-12(19)13(20)8-11/h4-5,8,10,26H,6-7,9H2,1-3H3,(H,21,22)/t10-/m1/s1. The van der Waals surface area contributed by atoms with Crippen LogP contribution in [-0.2, 0) is 20.6 Å². The molecule has 0 bridgehead atoms. The van der Waals surface area contributed by atoms with Crippen molar-refractivity contribution in [2.45, 2.75) is 25.9 Å². The summed E-state index contributed by atoms with van der Waals surface area (Å²) in [5.74, 6) is 0.454. The number of hydrogen-bond acceptors (Lipinski definition) is 5. The first-order valence-corrected chi connectivity index (χ1v) is 9.47. The number of imidazole rings is 1. The SMILES string of the molecule is C[C@H](CCO)Nc1nc2c(c(=O)n(Cc3ccc(Cl)c(Cl)c3)c(=O)n2C)n1C. The minimum Gasteiger partial charge on any atom is -0.396 e. The van der Waals surface area contributed by atoms with Crippen LogP contribution in [0, 0.1) is 0 Å². The Labute approximate surface area is 170 Å². The van der Waals surface area contributed by atoms with Gasteiger partial charge in [0.15, 0.2) is 11.2 Å². The van der Waals surface area contributed by atoms with Gasteiger partial charge in [0.2, 0.25) is 5.95 Å². The first-order valence-electron chi connectivity index (χ1n) is 8.72. The molecule has 0 spiro atoms. The number of aryl methyl sites for hydroxylation is 2. The van der Waals surface area contributed by atoms with Gasteiger partial charge in [-0.25, -0.2) is 4.79 Å². The summed E-state index contributed by atoms with van der Waals surface area (Å²) < 4.78 is 4.11. The maximum atomic E-state index is 13.1. The van der Waals surface area contributed by atoms with Gasteiger partial charge in [0, 0.05) is 26.7 Å². The molecule has 28 heavy (non-hydrogen) atoms. The number of rotatable bonds is 6. The van der Waals surface area contributed by atoms with E-state index >= 15 is 0 Å². The van der Waals surface area contributed by atoms with E-state index in [1.807, 2.05) is 6.92 Å². The molecular weight excluding hydrogens is 405 g/mol. The van der Waals surface area contributed by atoms with Crippen LogP contribution in [0.4, 0.5) is 5.95 Å². The number of nitrogens with one attached hydrogen (secondary N) is 1. The van der Waals surface area contributed by atoms with E-state index < -0.39 is 11.2 Å². The topological polar surface area (TPSA) is 94.1 Å². The number of halogens is 2. The molecule has 0 radical (unpaired) electrons. The van der Waals surface area contributed by atoms with Crippen LogP contribution in [0.15, 0.2) is 27.8 Å². The normalized spacial score (nSPS) is 12.5. The van der Waals surface area contributed by atoms with Crippen molar-refractivity contribution >= 4 is 40.3 Å². The number of aliphatic hydroxyl groups excluding tert-OH is 1. The van der Waals surface area contributed by atoms with Crippen molar-refractivity contribution in [2.24, 2.45) is 14.1 Å². The summed E-state index contributed by atoms with van der Waals surface area (Å²) in [5, 5.41) is 13.0. The molecule has 0 aliphatic heterocycles. The molecule has 2 N–H and O–H groups in total. The van der Waals surface area contributed by atoms with Crippen LogP contribution in [-0.4, -0.2) is 36.4 Å².